The van der Waals surface area contributed by atoms with Crippen LogP contribution in [0.3, 0.4) is 0 Å². The van der Waals surface area contributed by atoms with Crippen LogP contribution in [0.5, 0.6) is 0 Å². The third-order valence-electron chi connectivity index (χ3n) is 2.01. The highest BCUT2D eigenvalue weighted by molar-refractivity contribution is 5.42. The van der Waals surface area contributed by atoms with Gasteiger partial charge in [0.15, 0.2) is 0 Å². The van der Waals surface area contributed by atoms with E-state index in [1.807, 2.05) is 10.9 Å². The minimum absolute atomic E-state index is 0.0151. The Bertz CT molecular complexity index is 292. The van der Waals surface area contributed by atoms with Crippen molar-refractivity contribution >= 4 is 5.69 Å². The van der Waals surface area contributed by atoms with Crippen molar-refractivity contribution in [2.45, 2.75) is 46.1 Å². The largest absolute Gasteiger partial charge is 0.396 e. The van der Waals surface area contributed by atoms with Crippen LogP contribution < -0.4 is 5.73 Å². The SMILES string of the molecule is CC(C)c1nn(C(C)(C)C)cc1N. The van der Waals surface area contributed by atoms with Crippen molar-refractivity contribution in [1.29, 1.82) is 0 Å². The summed E-state index contributed by atoms with van der Waals surface area (Å²) in [4.78, 5) is 0. The molecule has 0 atom stereocenters. The first kappa shape index (κ1) is 10.1. The quantitative estimate of drug-likeness (QED) is 0.722. The van der Waals surface area contributed by atoms with E-state index in [0.29, 0.717) is 5.92 Å². The Hall–Kier alpha value is -0.990. The Morgan fingerprint density at radius 2 is 1.92 bits per heavy atom. The number of hydrogen-bond acceptors (Lipinski definition) is 2. The molecule has 13 heavy (non-hydrogen) atoms. The van der Waals surface area contributed by atoms with Gasteiger partial charge in [-0.1, -0.05) is 13.8 Å². The normalized spacial score (nSPS) is 12.5. The van der Waals surface area contributed by atoms with Gasteiger partial charge in [0.25, 0.3) is 0 Å². The molecule has 0 fully saturated rings. The van der Waals surface area contributed by atoms with Crippen molar-refractivity contribution in [3.63, 3.8) is 0 Å². The number of nitrogens with zero attached hydrogens (tertiary/aromatic N) is 2. The van der Waals surface area contributed by atoms with Crippen LogP contribution >= 0.6 is 0 Å². The first-order valence-corrected chi connectivity index (χ1v) is 4.68. The molecule has 1 aromatic rings. The van der Waals surface area contributed by atoms with E-state index in [-0.39, 0.29) is 5.54 Å². The van der Waals surface area contributed by atoms with Gasteiger partial charge in [-0.15, -0.1) is 0 Å². The van der Waals surface area contributed by atoms with Gasteiger partial charge in [-0.3, -0.25) is 4.68 Å². The standard InChI is InChI=1S/C10H19N3/c1-7(2)9-8(11)6-13(12-9)10(3,4)5/h6-7H,11H2,1-5H3. The Morgan fingerprint density at radius 1 is 1.38 bits per heavy atom. The summed E-state index contributed by atoms with van der Waals surface area (Å²) < 4.78 is 1.93. The maximum atomic E-state index is 5.86. The topological polar surface area (TPSA) is 43.8 Å². The fraction of sp³-hybridized carbons (Fsp3) is 0.700. The number of nitrogen functional groups attached to an aromatic ring is 1. The highest BCUT2D eigenvalue weighted by atomic mass is 15.3. The molecule has 3 heteroatoms. The molecule has 0 bridgehead atoms. The van der Waals surface area contributed by atoms with Gasteiger partial charge in [-0.2, -0.15) is 5.10 Å². The van der Waals surface area contributed by atoms with Gasteiger partial charge in [-0.05, 0) is 26.7 Å². The molecule has 0 spiro atoms. The van der Waals surface area contributed by atoms with Crippen LogP contribution in [0.25, 0.3) is 0 Å². The molecule has 0 saturated heterocycles. The predicted octanol–water partition coefficient (Wildman–Crippen LogP) is 2.34. The van der Waals surface area contributed by atoms with Gasteiger partial charge in [0.05, 0.1) is 16.9 Å². The molecular weight excluding hydrogens is 162 g/mol. The highest BCUT2D eigenvalue weighted by Gasteiger charge is 2.17. The smallest absolute Gasteiger partial charge is 0.0879 e. The second-order valence-electron chi connectivity index (χ2n) is 4.74. The minimum atomic E-state index is 0.0151. The van der Waals surface area contributed by atoms with Crippen molar-refractivity contribution in [3.8, 4) is 0 Å². The zero-order chi connectivity index (χ0) is 10.2. The highest BCUT2D eigenvalue weighted by Crippen LogP contribution is 2.23. The second-order valence-corrected chi connectivity index (χ2v) is 4.74. The van der Waals surface area contributed by atoms with Crippen LogP contribution in [-0.2, 0) is 5.54 Å². The third kappa shape index (κ3) is 2.02. The molecule has 2 N–H and O–H groups in total. The fourth-order valence-corrected chi connectivity index (χ4v) is 1.19. The number of rotatable bonds is 1. The maximum Gasteiger partial charge on any atom is 0.0879 e. The van der Waals surface area contributed by atoms with Crippen molar-refractivity contribution in [3.05, 3.63) is 11.9 Å². The van der Waals surface area contributed by atoms with E-state index in [0.717, 1.165) is 11.4 Å². The van der Waals surface area contributed by atoms with E-state index in [9.17, 15) is 0 Å². The van der Waals surface area contributed by atoms with Gasteiger partial charge in [0, 0.05) is 6.20 Å². The lowest BCUT2D eigenvalue weighted by atomic mass is 10.1. The molecule has 0 aliphatic rings. The molecule has 0 aliphatic carbocycles. The van der Waals surface area contributed by atoms with Gasteiger partial charge in [0.2, 0.25) is 0 Å². The zero-order valence-electron chi connectivity index (χ0n) is 9.13. The van der Waals surface area contributed by atoms with E-state index in [2.05, 4.69) is 39.7 Å². The van der Waals surface area contributed by atoms with Crippen molar-refractivity contribution in [1.82, 2.24) is 9.78 Å². The molecule has 3 nitrogen and oxygen atoms in total. The van der Waals surface area contributed by atoms with Gasteiger partial charge < -0.3 is 5.73 Å². The first-order chi connectivity index (χ1) is 5.82. The van der Waals surface area contributed by atoms with Crippen molar-refractivity contribution in [2.75, 3.05) is 5.73 Å². The molecule has 74 valence electrons. The lowest BCUT2D eigenvalue weighted by molar-refractivity contribution is 0.352. The van der Waals surface area contributed by atoms with Crippen LogP contribution in [0.15, 0.2) is 6.20 Å². The summed E-state index contributed by atoms with van der Waals surface area (Å²) in [6.45, 7) is 10.5. The van der Waals surface area contributed by atoms with Crippen LogP contribution in [0, 0.1) is 0 Å². The Kier molecular flexibility index (Phi) is 2.37. The van der Waals surface area contributed by atoms with Gasteiger partial charge >= 0.3 is 0 Å². The number of aromatic nitrogens is 2. The van der Waals surface area contributed by atoms with Crippen LogP contribution in [-0.4, -0.2) is 9.78 Å². The molecule has 0 radical (unpaired) electrons. The van der Waals surface area contributed by atoms with E-state index in [4.69, 9.17) is 5.73 Å². The zero-order valence-corrected chi connectivity index (χ0v) is 9.13. The second kappa shape index (κ2) is 3.05. The Balaban J connectivity index is 3.10. The van der Waals surface area contributed by atoms with E-state index >= 15 is 0 Å². The fourth-order valence-electron chi connectivity index (χ4n) is 1.19. The number of nitrogens with two attached hydrogens (primary N) is 1. The monoisotopic (exact) mass is 181 g/mol. The van der Waals surface area contributed by atoms with E-state index < -0.39 is 0 Å². The van der Waals surface area contributed by atoms with Crippen molar-refractivity contribution < 1.29 is 0 Å². The molecule has 0 aromatic carbocycles. The summed E-state index contributed by atoms with van der Waals surface area (Å²) in [5.74, 6) is 0.392. The lowest BCUT2D eigenvalue weighted by Gasteiger charge is -2.18. The Morgan fingerprint density at radius 3 is 2.15 bits per heavy atom. The van der Waals surface area contributed by atoms with Crippen LogP contribution in [0.1, 0.15) is 46.2 Å². The molecule has 1 rings (SSSR count). The molecule has 0 amide bonds. The summed E-state index contributed by atoms with van der Waals surface area (Å²) in [6, 6.07) is 0. The molecular formula is C10H19N3. The molecule has 0 unspecified atom stereocenters. The number of anilines is 1. The summed E-state index contributed by atoms with van der Waals surface area (Å²) in [7, 11) is 0. The minimum Gasteiger partial charge on any atom is -0.396 e. The average Bonchev–Trinajstić information content (AvgIpc) is 2.29. The molecule has 0 aliphatic heterocycles. The first-order valence-electron chi connectivity index (χ1n) is 4.68. The lowest BCUT2D eigenvalue weighted by Crippen LogP contribution is -2.22. The van der Waals surface area contributed by atoms with Crippen LogP contribution in [0.2, 0.25) is 0 Å². The average molecular weight is 181 g/mol. The summed E-state index contributed by atoms with van der Waals surface area (Å²) in [5, 5.41) is 4.47. The third-order valence-corrected chi connectivity index (χ3v) is 2.01. The predicted molar refractivity (Wildman–Crippen MR) is 55.7 cm³/mol. The van der Waals surface area contributed by atoms with Crippen LogP contribution in [0.4, 0.5) is 5.69 Å². The molecule has 1 heterocycles. The summed E-state index contributed by atoms with van der Waals surface area (Å²) >= 11 is 0. The molecule has 1 aromatic heterocycles. The maximum absolute atomic E-state index is 5.86. The van der Waals surface area contributed by atoms with Crippen molar-refractivity contribution in [2.24, 2.45) is 0 Å². The number of hydrogen-bond donors (Lipinski definition) is 1. The van der Waals surface area contributed by atoms with E-state index in [1.165, 1.54) is 0 Å². The Labute approximate surface area is 79.9 Å². The molecule has 0 saturated carbocycles. The van der Waals surface area contributed by atoms with E-state index in [1.54, 1.807) is 0 Å². The summed E-state index contributed by atoms with van der Waals surface area (Å²) in [6.07, 6.45) is 1.91. The summed E-state index contributed by atoms with van der Waals surface area (Å²) in [5.41, 5.74) is 7.66. The van der Waals surface area contributed by atoms with Gasteiger partial charge in [0.1, 0.15) is 0 Å². The van der Waals surface area contributed by atoms with Gasteiger partial charge in [-0.25, -0.2) is 0 Å².